The SMILES string of the molecule is CCOc1ccc(NC2CCN(C(=O)OC(C)(C)C)C2)cc1. The molecule has 0 bridgehead atoms. The largest absolute Gasteiger partial charge is 0.494 e. The Morgan fingerprint density at radius 3 is 2.59 bits per heavy atom. The van der Waals surface area contributed by atoms with Gasteiger partial charge in [0, 0.05) is 24.8 Å². The summed E-state index contributed by atoms with van der Waals surface area (Å²) in [5, 5.41) is 3.45. The number of nitrogens with one attached hydrogen (secondary N) is 1. The minimum Gasteiger partial charge on any atom is -0.494 e. The highest BCUT2D eigenvalue weighted by Gasteiger charge is 2.29. The molecule has 0 aliphatic carbocycles. The van der Waals surface area contributed by atoms with Crippen LogP contribution >= 0.6 is 0 Å². The van der Waals surface area contributed by atoms with Gasteiger partial charge in [-0.25, -0.2) is 4.79 Å². The topological polar surface area (TPSA) is 50.8 Å². The zero-order valence-electron chi connectivity index (χ0n) is 13.9. The standard InChI is InChI=1S/C17H26N2O3/c1-5-21-15-8-6-13(7-9-15)18-14-10-11-19(12-14)16(20)22-17(2,3)4/h6-9,14,18H,5,10-12H2,1-4H3. The molecule has 1 aliphatic rings. The predicted octanol–water partition coefficient (Wildman–Crippen LogP) is 3.51. The van der Waals surface area contributed by atoms with E-state index in [1.165, 1.54) is 0 Å². The van der Waals surface area contributed by atoms with E-state index in [4.69, 9.17) is 9.47 Å². The number of anilines is 1. The smallest absolute Gasteiger partial charge is 0.410 e. The molecule has 1 aliphatic heterocycles. The van der Waals surface area contributed by atoms with Crippen molar-refractivity contribution in [2.45, 2.75) is 45.8 Å². The molecule has 1 atom stereocenters. The van der Waals surface area contributed by atoms with Crippen LogP contribution in [0.25, 0.3) is 0 Å². The van der Waals surface area contributed by atoms with Gasteiger partial charge in [0.15, 0.2) is 0 Å². The van der Waals surface area contributed by atoms with Crippen LogP contribution in [0.1, 0.15) is 34.1 Å². The summed E-state index contributed by atoms with van der Waals surface area (Å²) in [6.45, 7) is 9.69. The Morgan fingerprint density at radius 1 is 1.32 bits per heavy atom. The maximum absolute atomic E-state index is 12.0. The average molecular weight is 306 g/mol. The van der Waals surface area contributed by atoms with Gasteiger partial charge in [-0.05, 0) is 58.4 Å². The second-order valence-electron chi connectivity index (χ2n) is 6.51. The van der Waals surface area contributed by atoms with Crippen LogP contribution < -0.4 is 10.1 Å². The van der Waals surface area contributed by atoms with Gasteiger partial charge in [0.2, 0.25) is 0 Å². The van der Waals surface area contributed by atoms with Crippen molar-refractivity contribution in [3.05, 3.63) is 24.3 Å². The summed E-state index contributed by atoms with van der Waals surface area (Å²) in [6, 6.07) is 8.16. The van der Waals surface area contributed by atoms with E-state index < -0.39 is 5.60 Å². The first-order chi connectivity index (χ1) is 10.4. The van der Waals surface area contributed by atoms with E-state index in [1.807, 2.05) is 52.0 Å². The van der Waals surface area contributed by atoms with E-state index in [1.54, 1.807) is 4.90 Å². The number of hydrogen-bond acceptors (Lipinski definition) is 4. The molecule has 1 saturated heterocycles. The number of hydrogen-bond donors (Lipinski definition) is 1. The maximum Gasteiger partial charge on any atom is 0.410 e. The fraction of sp³-hybridized carbons (Fsp3) is 0.588. The highest BCUT2D eigenvalue weighted by atomic mass is 16.6. The highest BCUT2D eigenvalue weighted by molar-refractivity contribution is 5.68. The van der Waals surface area contributed by atoms with Gasteiger partial charge < -0.3 is 19.7 Å². The lowest BCUT2D eigenvalue weighted by molar-refractivity contribution is 0.0293. The molecule has 122 valence electrons. The van der Waals surface area contributed by atoms with Crippen LogP contribution in [0.3, 0.4) is 0 Å². The van der Waals surface area contributed by atoms with Gasteiger partial charge in [-0.2, -0.15) is 0 Å². The zero-order chi connectivity index (χ0) is 16.2. The van der Waals surface area contributed by atoms with Crippen molar-refractivity contribution in [2.24, 2.45) is 0 Å². The summed E-state index contributed by atoms with van der Waals surface area (Å²) in [5.41, 5.74) is 0.594. The Bertz CT molecular complexity index is 494. The number of likely N-dealkylation sites (tertiary alicyclic amines) is 1. The number of benzene rings is 1. The molecule has 5 heteroatoms. The van der Waals surface area contributed by atoms with Gasteiger partial charge >= 0.3 is 6.09 Å². The van der Waals surface area contributed by atoms with E-state index >= 15 is 0 Å². The van der Waals surface area contributed by atoms with Crippen molar-refractivity contribution >= 4 is 11.8 Å². The molecule has 0 radical (unpaired) electrons. The van der Waals surface area contributed by atoms with E-state index in [0.29, 0.717) is 13.2 Å². The van der Waals surface area contributed by atoms with E-state index in [9.17, 15) is 4.79 Å². The molecular formula is C17H26N2O3. The van der Waals surface area contributed by atoms with Crippen molar-refractivity contribution in [3.8, 4) is 5.75 Å². The molecule has 1 aromatic carbocycles. The summed E-state index contributed by atoms with van der Waals surface area (Å²) >= 11 is 0. The van der Waals surface area contributed by atoms with Crippen LogP contribution in [0.4, 0.5) is 10.5 Å². The molecule has 1 heterocycles. The number of ether oxygens (including phenoxy) is 2. The van der Waals surface area contributed by atoms with Crippen LogP contribution in [0.2, 0.25) is 0 Å². The van der Waals surface area contributed by atoms with Crippen LogP contribution in [-0.4, -0.2) is 42.3 Å². The van der Waals surface area contributed by atoms with Crippen molar-refractivity contribution < 1.29 is 14.3 Å². The molecule has 1 N–H and O–H groups in total. The normalized spacial score (nSPS) is 18.2. The number of rotatable bonds is 4. The van der Waals surface area contributed by atoms with Crippen molar-refractivity contribution in [1.82, 2.24) is 4.90 Å². The average Bonchev–Trinajstić information content (AvgIpc) is 2.88. The fourth-order valence-corrected chi connectivity index (χ4v) is 2.42. The summed E-state index contributed by atoms with van der Waals surface area (Å²) in [4.78, 5) is 13.8. The fourth-order valence-electron chi connectivity index (χ4n) is 2.42. The lowest BCUT2D eigenvalue weighted by Crippen LogP contribution is -2.36. The van der Waals surface area contributed by atoms with Crippen LogP contribution in [0.5, 0.6) is 5.75 Å². The Morgan fingerprint density at radius 2 is 2.00 bits per heavy atom. The summed E-state index contributed by atoms with van der Waals surface area (Å²) in [7, 11) is 0. The Kier molecular flexibility index (Phi) is 5.16. The molecule has 1 aromatic rings. The van der Waals surface area contributed by atoms with Gasteiger partial charge in [-0.15, -0.1) is 0 Å². The number of amides is 1. The molecule has 1 unspecified atom stereocenters. The van der Waals surface area contributed by atoms with Gasteiger partial charge in [0.25, 0.3) is 0 Å². The van der Waals surface area contributed by atoms with Crippen LogP contribution in [0.15, 0.2) is 24.3 Å². The molecule has 5 nitrogen and oxygen atoms in total. The molecule has 1 amide bonds. The lowest BCUT2D eigenvalue weighted by atomic mass is 10.2. The predicted molar refractivity (Wildman–Crippen MR) is 87.4 cm³/mol. The number of carbonyl (C=O) groups excluding carboxylic acids is 1. The van der Waals surface area contributed by atoms with E-state index in [2.05, 4.69) is 5.32 Å². The third kappa shape index (κ3) is 4.83. The first kappa shape index (κ1) is 16.5. The second kappa shape index (κ2) is 6.90. The second-order valence-corrected chi connectivity index (χ2v) is 6.51. The molecule has 1 fully saturated rings. The van der Waals surface area contributed by atoms with Crippen molar-refractivity contribution in [2.75, 3.05) is 25.0 Å². The zero-order valence-corrected chi connectivity index (χ0v) is 13.9. The monoisotopic (exact) mass is 306 g/mol. The number of carbonyl (C=O) groups is 1. The summed E-state index contributed by atoms with van der Waals surface area (Å²) < 4.78 is 10.8. The molecule has 2 rings (SSSR count). The van der Waals surface area contributed by atoms with Crippen LogP contribution in [-0.2, 0) is 4.74 Å². The van der Waals surface area contributed by atoms with E-state index in [0.717, 1.165) is 24.4 Å². The Hall–Kier alpha value is -1.91. The minimum absolute atomic E-state index is 0.233. The third-order valence-electron chi connectivity index (χ3n) is 3.38. The third-order valence-corrected chi connectivity index (χ3v) is 3.38. The summed E-state index contributed by atoms with van der Waals surface area (Å²) in [5.74, 6) is 0.870. The molecule has 22 heavy (non-hydrogen) atoms. The Labute approximate surface area is 132 Å². The van der Waals surface area contributed by atoms with Crippen molar-refractivity contribution in [3.63, 3.8) is 0 Å². The van der Waals surface area contributed by atoms with Gasteiger partial charge in [0.05, 0.1) is 6.61 Å². The molecule has 0 spiro atoms. The first-order valence-corrected chi connectivity index (χ1v) is 7.84. The Balaban J connectivity index is 1.84. The van der Waals surface area contributed by atoms with Gasteiger partial charge in [-0.3, -0.25) is 0 Å². The quantitative estimate of drug-likeness (QED) is 0.925. The maximum atomic E-state index is 12.0. The molecule has 0 aromatic heterocycles. The van der Waals surface area contributed by atoms with Crippen LogP contribution in [0, 0.1) is 0 Å². The minimum atomic E-state index is -0.447. The molecule has 0 saturated carbocycles. The lowest BCUT2D eigenvalue weighted by Gasteiger charge is -2.24. The van der Waals surface area contributed by atoms with Gasteiger partial charge in [-0.1, -0.05) is 0 Å². The molecular weight excluding hydrogens is 280 g/mol. The van der Waals surface area contributed by atoms with Crippen molar-refractivity contribution in [1.29, 1.82) is 0 Å². The first-order valence-electron chi connectivity index (χ1n) is 7.84. The van der Waals surface area contributed by atoms with E-state index in [-0.39, 0.29) is 12.1 Å². The number of nitrogens with zero attached hydrogens (tertiary/aromatic N) is 1. The highest BCUT2D eigenvalue weighted by Crippen LogP contribution is 2.20. The summed E-state index contributed by atoms with van der Waals surface area (Å²) in [6.07, 6.45) is 0.690. The van der Waals surface area contributed by atoms with Gasteiger partial charge in [0.1, 0.15) is 11.4 Å².